The van der Waals surface area contributed by atoms with Crippen LogP contribution >= 0.6 is 11.6 Å². The van der Waals surface area contributed by atoms with E-state index < -0.39 is 6.10 Å². The molecule has 256 valence electrons. The first kappa shape index (κ1) is 39.8. The second-order valence-corrected chi connectivity index (χ2v) is 12.8. The van der Waals surface area contributed by atoms with Crippen molar-refractivity contribution < 1.29 is 14.7 Å². The summed E-state index contributed by atoms with van der Waals surface area (Å²) in [6.07, 6.45) is 2.18. The highest BCUT2D eigenvalue weighted by molar-refractivity contribution is 6.30. The molecule has 1 aliphatic heterocycles. The van der Waals surface area contributed by atoms with Gasteiger partial charge in [-0.1, -0.05) is 106 Å². The number of aryl methyl sites for hydroxylation is 3. The van der Waals surface area contributed by atoms with E-state index >= 15 is 0 Å². The maximum atomic E-state index is 11.0. The van der Waals surface area contributed by atoms with Crippen molar-refractivity contribution in [3.05, 3.63) is 123 Å². The molecule has 0 saturated carbocycles. The molecule has 0 saturated heterocycles. The van der Waals surface area contributed by atoms with Gasteiger partial charge in [-0.15, -0.1) is 0 Å². The van der Waals surface area contributed by atoms with E-state index in [0.29, 0.717) is 25.4 Å². The SMILES string of the molecule is C=C(C)N1CCC(c2cc(Cl)ccc2C)=C(C)C1c1ccc(CCC(O)CN(C=O)OCC)cc1.CC.Cc1ccc(C(C)C)cc1. The summed E-state index contributed by atoms with van der Waals surface area (Å²) in [4.78, 5) is 18.6. The number of benzene rings is 3. The molecule has 0 aliphatic carbocycles. The first-order chi connectivity index (χ1) is 22.4. The van der Waals surface area contributed by atoms with Crippen molar-refractivity contribution >= 4 is 23.6 Å². The molecule has 0 radical (unpaired) electrons. The Kier molecular flexibility index (Phi) is 17.0. The molecule has 1 amide bonds. The predicted molar refractivity (Wildman–Crippen MR) is 199 cm³/mol. The van der Waals surface area contributed by atoms with Crippen LogP contribution in [0.4, 0.5) is 0 Å². The van der Waals surface area contributed by atoms with Gasteiger partial charge in [0.15, 0.2) is 0 Å². The Bertz CT molecular complexity index is 1430. The van der Waals surface area contributed by atoms with Gasteiger partial charge < -0.3 is 10.0 Å². The molecule has 6 heteroatoms. The lowest BCUT2D eigenvalue weighted by Gasteiger charge is -2.40. The third kappa shape index (κ3) is 12.0. The second-order valence-electron chi connectivity index (χ2n) is 12.3. The fourth-order valence-corrected chi connectivity index (χ4v) is 5.98. The Morgan fingerprint density at radius 2 is 1.70 bits per heavy atom. The Morgan fingerprint density at radius 1 is 1.06 bits per heavy atom. The number of nitrogens with zero attached hydrogens (tertiary/aromatic N) is 2. The van der Waals surface area contributed by atoms with E-state index in [0.717, 1.165) is 40.7 Å². The molecule has 2 unspecified atom stereocenters. The number of hydrogen-bond acceptors (Lipinski definition) is 4. The van der Waals surface area contributed by atoms with Crippen LogP contribution in [-0.2, 0) is 16.1 Å². The molecule has 4 rings (SSSR count). The largest absolute Gasteiger partial charge is 0.391 e. The van der Waals surface area contributed by atoms with Crippen LogP contribution in [0.25, 0.3) is 5.57 Å². The number of hydrogen-bond donors (Lipinski definition) is 1. The number of hydroxylamine groups is 2. The number of aliphatic hydroxyl groups excluding tert-OH is 1. The van der Waals surface area contributed by atoms with Crippen LogP contribution in [0.2, 0.25) is 5.02 Å². The van der Waals surface area contributed by atoms with Crippen molar-refractivity contribution in [3.8, 4) is 0 Å². The maximum absolute atomic E-state index is 11.0. The van der Waals surface area contributed by atoms with E-state index in [4.69, 9.17) is 16.4 Å². The first-order valence-corrected chi connectivity index (χ1v) is 17.4. The molecule has 0 bridgehead atoms. The Morgan fingerprint density at radius 3 is 2.26 bits per heavy atom. The van der Waals surface area contributed by atoms with Crippen molar-refractivity contribution in [1.82, 2.24) is 9.96 Å². The van der Waals surface area contributed by atoms with Gasteiger partial charge in [0.2, 0.25) is 6.41 Å². The fraction of sp³-hybridized carbons (Fsp3) is 0.439. The molecule has 47 heavy (non-hydrogen) atoms. The number of halogens is 1. The van der Waals surface area contributed by atoms with E-state index in [1.807, 2.05) is 26.8 Å². The van der Waals surface area contributed by atoms with Gasteiger partial charge >= 0.3 is 0 Å². The van der Waals surface area contributed by atoms with Crippen molar-refractivity contribution in [2.24, 2.45) is 0 Å². The van der Waals surface area contributed by atoms with Gasteiger partial charge in [-0.05, 0) is 111 Å². The van der Waals surface area contributed by atoms with Crippen molar-refractivity contribution in [2.75, 3.05) is 19.7 Å². The third-order valence-corrected chi connectivity index (χ3v) is 8.66. The fourth-order valence-electron chi connectivity index (χ4n) is 5.81. The van der Waals surface area contributed by atoms with Crippen LogP contribution in [0.5, 0.6) is 0 Å². The standard InChI is InChI=1S/C29H37ClN2O3.C10H14.C2H6/c1-6-35-31(19-33)18-26(34)14-10-23-8-11-24(12-9-23)29-22(5)27(15-16-32(29)20(2)3)28-17-25(30)13-7-21(28)4;1-8(2)10-6-4-9(3)5-7-10;1-2/h7-9,11-13,17,19,26,29,34H,2,6,10,14-16,18H2,1,3-5H3;4-8H,1-3H3;1-2H3. The normalized spacial score (nSPS) is 14.9. The van der Waals surface area contributed by atoms with Crippen LogP contribution < -0.4 is 0 Å². The highest BCUT2D eigenvalue weighted by atomic mass is 35.5. The summed E-state index contributed by atoms with van der Waals surface area (Å²) >= 11 is 6.35. The minimum Gasteiger partial charge on any atom is -0.391 e. The van der Waals surface area contributed by atoms with Gasteiger partial charge in [-0.2, -0.15) is 0 Å². The van der Waals surface area contributed by atoms with E-state index in [-0.39, 0.29) is 12.6 Å². The predicted octanol–water partition coefficient (Wildman–Crippen LogP) is 10.3. The number of carbonyl (C=O) groups is 1. The summed E-state index contributed by atoms with van der Waals surface area (Å²) in [5, 5.41) is 12.2. The number of amides is 1. The van der Waals surface area contributed by atoms with Crippen molar-refractivity contribution in [3.63, 3.8) is 0 Å². The zero-order chi connectivity index (χ0) is 35.1. The number of rotatable bonds is 12. The third-order valence-electron chi connectivity index (χ3n) is 8.42. The lowest BCUT2D eigenvalue weighted by Crippen LogP contribution is -2.33. The van der Waals surface area contributed by atoms with Crippen molar-refractivity contribution in [2.45, 2.75) is 99.6 Å². The molecule has 0 spiro atoms. The zero-order valence-corrected chi connectivity index (χ0v) is 30.9. The molecular weight excluding hydrogens is 604 g/mol. The van der Waals surface area contributed by atoms with Gasteiger partial charge in [0.05, 0.1) is 25.3 Å². The van der Waals surface area contributed by atoms with Gasteiger partial charge in [-0.25, -0.2) is 5.06 Å². The topological polar surface area (TPSA) is 53.0 Å². The molecule has 0 aromatic heterocycles. The van der Waals surface area contributed by atoms with E-state index in [1.165, 1.54) is 39.0 Å². The van der Waals surface area contributed by atoms with E-state index in [9.17, 15) is 9.90 Å². The molecule has 2 atom stereocenters. The van der Waals surface area contributed by atoms with Gasteiger partial charge in [0.25, 0.3) is 0 Å². The highest BCUT2D eigenvalue weighted by Crippen LogP contribution is 2.42. The second kappa shape index (κ2) is 20.1. The van der Waals surface area contributed by atoms with Crippen LogP contribution in [0.3, 0.4) is 0 Å². The molecule has 1 N–H and O–H groups in total. The Labute approximate surface area is 289 Å². The van der Waals surface area contributed by atoms with Crippen LogP contribution in [0.15, 0.2) is 84.6 Å². The van der Waals surface area contributed by atoms with Gasteiger partial charge in [0, 0.05) is 17.3 Å². The minimum atomic E-state index is -0.641. The number of carbonyl (C=O) groups excluding carboxylic acids is 1. The highest BCUT2D eigenvalue weighted by Gasteiger charge is 2.29. The molecular formula is C41H57ClN2O3. The Balaban J connectivity index is 0.000000540. The lowest BCUT2D eigenvalue weighted by atomic mass is 9.84. The quantitative estimate of drug-likeness (QED) is 0.155. The minimum absolute atomic E-state index is 0.113. The van der Waals surface area contributed by atoms with E-state index in [2.05, 4.69) is 114 Å². The monoisotopic (exact) mass is 660 g/mol. The summed E-state index contributed by atoms with van der Waals surface area (Å²) in [5.41, 5.74) is 11.3. The lowest BCUT2D eigenvalue weighted by molar-refractivity contribution is -0.177. The first-order valence-electron chi connectivity index (χ1n) is 17.0. The van der Waals surface area contributed by atoms with Crippen LogP contribution in [-0.4, -0.2) is 47.3 Å². The molecule has 0 fully saturated rings. The Hall–Kier alpha value is -3.38. The molecule has 3 aromatic carbocycles. The van der Waals surface area contributed by atoms with E-state index in [1.54, 1.807) is 0 Å². The summed E-state index contributed by atoms with van der Waals surface area (Å²) in [6.45, 7) is 24.5. The zero-order valence-electron chi connectivity index (χ0n) is 30.1. The number of aliphatic hydroxyl groups is 1. The average Bonchev–Trinajstić information content (AvgIpc) is 3.06. The maximum Gasteiger partial charge on any atom is 0.233 e. The van der Waals surface area contributed by atoms with Gasteiger partial charge in [0.1, 0.15) is 0 Å². The molecule has 5 nitrogen and oxygen atoms in total. The van der Waals surface area contributed by atoms with Crippen LogP contribution in [0.1, 0.15) is 107 Å². The molecule has 1 heterocycles. The number of allylic oxidation sites excluding steroid dienone is 1. The van der Waals surface area contributed by atoms with Crippen molar-refractivity contribution in [1.29, 1.82) is 0 Å². The van der Waals surface area contributed by atoms with Crippen LogP contribution in [0, 0.1) is 13.8 Å². The smallest absolute Gasteiger partial charge is 0.233 e. The summed E-state index contributed by atoms with van der Waals surface area (Å²) < 4.78 is 0. The average molecular weight is 661 g/mol. The summed E-state index contributed by atoms with van der Waals surface area (Å²) in [6, 6.07) is 23.6. The summed E-state index contributed by atoms with van der Waals surface area (Å²) in [7, 11) is 0. The molecule has 3 aromatic rings. The molecule has 1 aliphatic rings. The van der Waals surface area contributed by atoms with Gasteiger partial charge in [-0.3, -0.25) is 9.63 Å². The summed E-state index contributed by atoms with van der Waals surface area (Å²) in [5.74, 6) is 0.653.